The summed E-state index contributed by atoms with van der Waals surface area (Å²) in [5.41, 5.74) is 3.38. The maximum absolute atomic E-state index is 12.9. The van der Waals surface area contributed by atoms with Gasteiger partial charge in [-0.15, -0.1) is 11.3 Å². The summed E-state index contributed by atoms with van der Waals surface area (Å²) >= 11 is 1.59. The Morgan fingerprint density at radius 2 is 2.16 bits per heavy atom. The number of rotatable bonds is 7. The lowest BCUT2D eigenvalue weighted by atomic mass is 9.78. The Morgan fingerprint density at radius 1 is 1.29 bits per heavy atom. The van der Waals surface area contributed by atoms with Crippen molar-refractivity contribution >= 4 is 28.9 Å². The highest BCUT2D eigenvalue weighted by Crippen LogP contribution is 2.33. The van der Waals surface area contributed by atoms with Crippen molar-refractivity contribution < 1.29 is 19.4 Å². The molecule has 0 spiro atoms. The second-order valence-corrected chi connectivity index (χ2v) is 9.34. The van der Waals surface area contributed by atoms with Crippen molar-refractivity contribution in [1.82, 2.24) is 4.90 Å². The molecule has 164 valence electrons. The molecule has 0 saturated carbocycles. The smallest absolute Gasteiger partial charge is 0.303 e. The van der Waals surface area contributed by atoms with Gasteiger partial charge in [-0.2, -0.15) is 0 Å². The number of hydrogen-bond donors (Lipinski definition) is 1. The number of carbonyl (C=O) groups is 2. The Kier molecular flexibility index (Phi) is 6.70. The lowest BCUT2D eigenvalue weighted by molar-refractivity contribution is -0.139. The molecule has 2 unspecified atom stereocenters. The fourth-order valence-electron chi connectivity index (χ4n) is 4.71. The summed E-state index contributed by atoms with van der Waals surface area (Å²) in [6.07, 6.45) is 2.85. The predicted octanol–water partition coefficient (Wildman–Crippen LogP) is 3.67. The maximum Gasteiger partial charge on any atom is 0.303 e. The second kappa shape index (κ2) is 9.64. The number of aliphatic carboxylic acids is 1. The van der Waals surface area contributed by atoms with Gasteiger partial charge in [-0.1, -0.05) is 6.07 Å². The third-order valence-electron chi connectivity index (χ3n) is 6.35. The van der Waals surface area contributed by atoms with Crippen molar-refractivity contribution in [1.29, 1.82) is 0 Å². The highest BCUT2D eigenvalue weighted by atomic mass is 32.1. The van der Waals surface area contributed by atoms with E-state index in [0.29, 0.717) is 25.9 Å². The molecule has 2 aromatic rings. The van der Waals surface area contributed by atoms with E-state index in [1.165, 1.54) is 5.56 Å². The molecule has 0 bridgehead atoms. The monoisotopic (exact) mass is 440 g/mol. The summed E-state index contributed by atoms with van der Waals surface area (Å²) in [5, 5.41) is 11.4. The molecule has 4 rings (SSSR count). The van der Waals surface area contributed by atoms with Crippen molar-refractivity contribution in [3.05, 3.63) is 51.7 Å². The molecule has 0 aliphatic carbocycles. The first kappa shape index (κ1) is 21.6. The summed E-state index contributed by atoms with van der Waals surface area (Å²) < 4.78 is 5.36. The van der Waals surface area contributed by atoms with E-state index in [4.69, 9.17) is 9.73 Å². The first-order valence-corrected chi connectivity index (χ1v) is 11.6. The van der Waals surface area contributed by atoms with Gasteiger partial charge in [0.1, 0.15) is 5.75 Å². The first-order valence-electron chi connectivity index (χ1n) is 10.8. The van der Waals surface area contributed by atoms with E-state index in [0.717, 1.165) is 41.3 Å². The van der Waals surface area contributed by atoms with Crippen LogP contribution < -0.4 is 4.74 Å². The van der Waals surface area contributed by atoms with Crippen molar-refractivity contribution in [3.8, 4) is 5.75 Å². The lowest BCUT2D eigenvalue weighted by Gasteiger charge is -2.39. The fraction of sp³-hybridized carbons (Fsp3) is 0.458. The van der Waals surface area contributed by atoms with E-state index in [-0.39, 0.29) is 24.2 Å². The molecule has 0 radical (unpaired) electrons. The second-order valence-electron chi connectivity index (χ2n) is 8.31. The van der Waals surface area contributed by atoms with Crippen LogP contribution in [0.4, 0.5) is 0 Å². The van der Waals surface area contributed by atoms with Crippen LogP contribution in [-0.4, -0.2) is 54.3 Å². The molecule has 3 heterocycles. The molecule has 2 aliphatic rings. The van der Waals surface area contributed by atoms with Gasteiger partial charge in [-0.05, 0) is 71.9 Å². The third-order valence-corrected chi connectivity index (χ3v) is 7.23. The highest BCUT2D eigenvalue weighted by Gasteiger charge is 2.34. The molecule has 1 fully saturated rings. The van der Waals surface area contributed by atoms with Crippen LogP contribution in [0.2, 0.25) is 0 Å². The van der Waals surface area contributed by atoms with Crippen LogP contribution in [0.25, 0.3) is 0 Å². The largest absolute Gasteiger partial charge is 0.497 e. The van der Waals surface area contributed by atoms with Gasteiger partial charge in [0.25, 0.3) is 0 Å². The maximum atomic E-state index is 12.9. The normalized spacial score (nSPS) is 20.7. The molecule has 7 heteroatoms. The number of carboxylic acid groups (broad SMARTS) is 1. The number of carboxylic acids is 1. The fourth-order valence-corrected chi connectivity index (χ4v) is 5.41. The zero-order chi connectivity index (χ0) is 21.8. The Labute approximate surface area is 186 Å². The van der Waals surface area contributed by atoms with Gasteiger partial charge in [0.05, 0.1) is 13.5 Å². The van der Waals surface area contributed by atoms with E-state index in [1.807, 2.05) is 28.5 Å². The molecule has 1 aromatic heterocycles. The van der Waals surface area contributed by atoms with Crippen LogP contribution in [0.15, 0.2) is 40.7 Å². The Hall–Kier alpha value is -2.67. The minimum absolute atomic E-state index is 0.0506. The topological polar surface area (TPSA) is 79.2 Å². The molecule has 6 nitrogen and oxygen atoms in total. The molecule has 2 aliphatic heterocycles. The van der Waals surface area contributed by atoms with Gasteiger partial charge in [0, 0.05) is 36.6 Å². The van der Waals surface area contributed by atoms with Crippen molar-refractivity contribution in [2.24, 2.45) is 16.8 Å². The standard InChI is InChI=1S/C24H28N2O4S/c1-30-19-4-5-21-17(11-19)6-8-25-22(21)12-18-15-26(9-7-16(18)13-24(28)29)23(27)14-20-3-2-10-31-20/h2-5,10-11,16,18H,6-9,12-15H2,1H3,(H,28,29). The molecular weight excluding hydrogens is 412 g/mol. The van der Waals surface area contributed by atoms with E-state index in [1.54, 1.807) is 18.4 Å². The molecule has 1 N–H and O–H groups in total. The predicted molar refractivity (Wildman–Crippen MR) is 121 cm³/mol. The molecular formula is C24H28N2O4S. The number of nitrogens with zero attached hydrogens (tertiary/aromatic N) is 2. The Balaban J connectivity index is 1.51. The molecule has 2 atom stereocenters. The molecule has 31 heavy (non-hydrogen) atoms. The van der Waals surface area contributed by atoms with Crippen molar-refractivity contribution in [2.45, 2.75) is 32.1 Å². The van der Waals surface area contributed by atoms with Crippen molar-refractivity contribution in [3.63, 3.8) is 0 Å². The van der Waals surface area contributed by atoms with Gasteiger partial charge in [0.2, 0.25) is 5.91 Å². The summed E-state index contributed by atoms with van der Waals surface area (Å²) in [6.45, 7) is 1.94. The molecule has 1 amide bonds. The van der Waals surface area contributed by atoms with E-state index in [2.05, 4.69) is 12.1 Å². The Bertz CT molecular complexity index is 970. The van der Waals surface area contributed by atoms with Crippen LogP contribution in [0.3, 0.4) is 0 Å². The number of likely N-dealkylation sites (tertiary alicyclic amines) is 1. The summed E-state index contributed by atoms with van der Waals surface area (Å²) in [5.74, 6) is 0.325. The van der Waals surface area contributed by atoms with Crippen LogP contribution in [0, 0.1) is 11.8 Å². The van der Waals surface area contributed by atoms with E-state index >= 15 is 0 Å². The number of carbonyl (C=O) groups excluding carboxylic acids is 1. The van der Waals surface area contributed by atoms with E-state index in [9.17, 15) is 14.7 Å². The van der Waals surface area contributed by atoms with Gasteiger partial charge in [0.15, 0.2) is 0 Å². The summed E-state index contributed by atoms with van der Waals surface area (Å²) in [4.78, 5) is 32.1. The number of benzene rings is 1. The van der Waals surface area contributed by atoms with Gasteiger partial charge >= 0.3 is 5.97 Å². The Morgan fingerprint density at radius 3 is 2.90 bits per heavy atom. The number of amides is 1. The number of ether oxygens (including phenoxy) is 1. The van der Waals surface area contributed by atoms with Crippen LogP contribution in [0.1, 0.15) is 35.3 Å². The van der Waals surface area contributed by atoms with Crippen LogP contribution >= 0.6 is 11.3 Å². The highest BCUT2D eigenvalue weighted by molar-refractivity contribution is 7.10. The van der Waals surface area contributed by atoms with E-state index < -0.39 is 5.97 Å². The SMILES string of the molecule is COc1ccc2c(c1)CCN=C2CC1CN(C(=O)Cc2cccs2)CCC1CC(=O)O. The quantitative estimate of drug-likeness (QED) is 0.712. The molecule has 1 aromatic carbocycles. The minimum Gasteiger partial charge on any atom is -0.497 e. The lowest BCUT2D eigenvalue weighted by Crippen LogP contribution is -2.45. The zero-order valence-corrected chi connectivity index (χ0v) is 18.6. The number of hydrogen-bond acceptors (Lipinski definition) is 5. The number of fused-ring (bicyclic) bond motifs is 1. The minimum atomic E-state index is -0.774. The number of thiophene rings is 1. The number of piperidine rings is 1. The zero-order valence-electron chi connectivity index (χ0n) is 17.8. The molecule has 1 saturated heterocycles. The first-order chi connectivity index (χ1) is 15.0. The van der Waals surface area contributed by atoms with Gasteiger partial charge in [-0.25, -0.2) is 0 Å². The number of methoxy groups -OCH3 is 1. The average Bonchev–Trinajstić information content (AvgIpc) is 3.27. The average molecular weight is 441 g/mol. The number of aliphatic imine (C=N–C) groups is 1. The summed E-state index contributed by atoms with van der Waals surface area (Å²) in [6, 6.07) is 10.0. The van der Waals surface area contributed by atoms with Gasteiger partial charge in [-0.3, -0.25) is 14.6 Å². The van der Waals surface area contributed by atoms with Crippen LogP contribution in [0.5, 0.6) is 5.75 Å². The summed E-state index contributed by atoms with van der Waals surface area (Å²) in [7, 11) is 1.67. The van der Waals surface area contributed by atoms with Crippen molar-refractivity contribution in [2.75, 3.05) is 26.7 Å². The van der Waals surface area contributed by atoms with Crippen LogP contribution in [-0.2, 0) is 22.4 Å². The third kappa shape index (κ3) is 5.15. The van der Waals surface area contributed by atoms with Gasteiger partial charge < -0.3 is 14.7 Å².